The number of imidazole rings is 1. The molecule has 3 aromatic carbocycles. The number of carbonyl (C=O) groups is 2. The summed E-state index contributed by atoms with van der Waals surface area (Å²) >= 11 is 6.36. The summed E-state index contributed by atoms with van der Waals surface area (Å²) in [6.45, 7) is 2.86. The van der Waals surface area contributed by atoms with Crippen molar-refractivity contribution in [2.24, 2.45) is 5.41 Å². The summed E-state index contributed by atoms with van der Waals surface area (Å²) in [4.78, 5) is 40.5. The second kappa shape index (κ2) is 8.06. The Bertz CT molecular complexity index is 1690. The van der Waals surface area contributed by atoms with Gasteiger partial charge in [0.2, 0.25) is 0 Å². The van der Waals surface area contributed by atoms with Crippen LogP contribution >= 0.6 is 11.6 Å². The first kappa shape index (κ1) is 23.3. The maximum absolute atomic E-state index is 14.1. The van der Waals surface area contributed by atoms with Gasteiger partial charge in [0.15, 0.2) is 0 Å². The zero-order valence-electron chi connectivity index (χ0n) is 20.4. The molecule has 2 aliphatic heterocycles. The first-order valence-corrected chi connectivity index (χ1v) is 12.9. The van der Waals surface area contributed by atoms with Gasteiger partial charge in [0.05, 0.1) is 46.5 Å². The lowest BCUT2D eigenvalue weighted by molar-refractivity contribution is -0.176. The third kappa shape index (κ3) is 3.37. The van der Waals surface area contributed by atoms with Gasteiger partial charge in [-0.3, -0.25) is 13.9 Å². The number of likely N-dealkylation sites (tertiary alicyclic amines) is 1. The molecule has 3 fully saturated rings. The van der Waals surface area contributed by atoms with E-state index in [9.17, 15) is 19.5 Å². The maximum Gasteiger partial charge on any atom is 0.335 e. The van der Waals surface area contributed by atoms with Gasteiger partial charge >= 0.3 is 11.7 Å². The van der Waals surface area contributed by atoms with Gasteiger partial charge < -0.3 is 14.7 Å². The number of carboxylic acids is 1. The van der Waals surface area contributed by atoms with Gasteiger partial charge in [-0.25, -0.2) is 9.59 Å². The normalized spacial score (nSPS) is 18.7. The molecule has 4 aromatic rings. The van der Waals surface area contributed by atoms with Crippen LogP contribution < -0.4 is 5.69 Å². The quantitative estimate of drug-likeness (QED) is 0.419. The molecular weight excluding hydrogens is 506 g/mol. The highest BCUT2D eigenvalue weighted by Gasteiger charge is 2.51. The predicted molar refractivity (Wildman–Crippen MR) is 141 cm³/mol. The second-order valence-corrected chi connectivity index (χ2v) is 11.1. The molecule has 0 bridgehead atoms. The molecule has 3 aliphatic rings. The van der Waals surface area contributed by atoms with Crippen molar-refractivity contribution >= 4 is 34.5 Å². The van der Waals surface area contributed by atoms with Gasteiger partial charge in [-0.2, -0.15) is 0 Å². The highest BCUT2D eigenvalue weighted by atomic mass is 35.5. The molecule has 3 heterocycles. The van der Waals surface area contributed by atoms with Crippen LogP contribution in [-0.4, -0.2) is 57.3 Å². The number of fused-ring (bicyclic) bond motifs is 1. The minimum atomic E-state index is -1.01. The zero-order valence-corrected chi connectivity index (χ0v) is 21.1. The fourth-order valence-electron chi connectivity index (χ4n) is 5.95. The number of hydrogen-bond donors (Lipinski definition) is 1. The lowest BCUT2D eigenvalue weighted by atomic mass is 9.78. The number of carbonyl (C=O) groups excluding carboxylic acids is 1. The van der Waals surface area contributed by atoms with Crippen molar-refractivity contribution in [2.75, 3.05) is 26.3 Å². The summed E-state index contributed by atoms with van der Waals surface area (Å²) in [5.41, 5.74) is 2.81. The molecule has 1 aromatic heterocycles. The molecule has 1 saturated carbocycles. The number of rotatable bonds is 5. The number of ether oxygens (including phenoxy) is 1. The SMILES string of the molecule is O=C(O)c1cccc(C2(n3c(=O)n(-c4ccc(C(=O)N5CC6(COC6)C5)cc4)c4cc(Cl)ccc43)CC2)c1. The van der Waals surface area contributed by atoms with Gasteiger partial charge in [-0.05, 0) is 73.0 Å². The molecule has 7 rings (SSSR count). The van der Waals surface area contributed by atoms with Gasteiger partial charge in [0.1, 0.15) is 0 Å². The number of aromatic carboxylic acids is 1. The van der Waals surface area contributed by atoms with Crippen LogP contribution in [0.15, 0.2) is 71.5 Å². The minimum Gasteiger partial charge on any atom is -0.478 e. The molecule has 0 radical (unpaired) electrons. The number of hydrogen-bond acceptors (Lipinski definition) is 4. The summed E-state index contributed by atoms with van der Waals surface area (Å²) in [6.07, 6.45) is 1.43. The zero-order chi connectivity index (χ0) is 26.2. The monoisotopic (exact) mass is 529 g/mol. The number of amides is 1. The van der Waals surface area contributed by atoms with E-state index in [0.29, 0.717) is 66.5 Å². The first-order valence-electron chi connectivity index (χ1n) is 12.6. The first-order chi connectivity index (χ1) is 18.3. The number of aromatic nitrogens is 2. The van der Waals surface area contributed by atoms with Crippen LogP contribution in [0.5, 0.6) is 0 Å². The van der Waals surface area contributed by atoms with Crippen molar-refractivity contribution in [1.82, 2.24) is 14.0 Å². The van der Waals surface area contributed by atoms with E-state index in [1.807, 2.05) is 17.0 Å². The van der Waals surface area contributed by atoms with Crippen LogP contribution in [0.4, 0.5) is 0 Å². The average molecular weight is 530 g/mol. The standard InChI is InChI=1S/C29H24ClN3O5/c30-21-6-9-23-24(13-21)32(22-7-4-18(5-8-22)25(34)31-14-28(15-31)16-38-17-28)27(37)33(23)29(10-11-29)20-3-1-2-19(12-20)26(35)36/h1-9,12-13H,10-11,14-17H2,(H,35,36). The van der Waals surface area contributed by atoms with E-state index >= 15 is 0 Å². The predicted octanol–water partition coefficient (Wildman–Crippen LogP) is 4.15. The fourth-order valence-corrected chi connectivity index (χ4v) is 6.12. The minimum absolute atomic E-state index is 0.0258. The Hall–Kier alpha value is -3.88. The van der Waals surface area contributed by atoms with Crippen molar-refractivity contribution in [3.05, 3.63) is 98.9 Å². The Morgan fingerprint density at radius 2 is 1.63 bits per heavy atom. The summed E-state index contributed by atoms with van der Waals surface area (Å²) < 4.78 is 8.67. The van der Waals surface area contributed by atoms with Crippen molar-refractivity contribution < 1.29 is 19.4 Å². The fraction of sp³-hybridized carbons (Fsp3) is 0.276. The average Bonchev–Trinajstić information content (AvgIpc) is 3.60. The number of benzene rings is 3. The Morgan fingerprint density at radius 1 is 0.895 bits per heavy atom. The second-order valence-electron chi connectivity index (χ2n) is 10.7. The number of halogens is 1. The van der Waals surface area contributed by atoms with E-state index in [0.717, 1.165) is 5.56 Å². The third-order valence-electron chi connectivity index (χ3n) is 8.13. The van der Waals surface area contributed by atoms with E-state index in [-0.39, 0.29) is 22.6 Å². The van der Waals surface area contributed by atoms with Crippen LogP contribution in [0.25, 0.3) is 16.7 Å². The molecule has 1 spiro atoms. The Balaban J connectivity index is 1.29. The Morgan fingerprint density at radius 3 is 2.26 bits per heavy atom. The van der Waals surface area contributed by atoms with Crippen LogP contribution in [0.3, 0.4) is 0 Å². The number of carboxylic acid groups (broad SMARTS) is 1. The Kier molecular flexibility index (Phi) is 4.93. The number of nitrogens with zero attached hydrogens (tertiary/aromatic N) is 3. The molecule has 38 heavy (non-hydrogen) atoms. The molecule has 192 valence electrons. The van der Waals surface area contributed by atoms with Gasteiger partial charge in [-0.1, -0.05) is 23.7 Å². The third-order valence-corrected chi connectivity index (χ3v) is 8.36. The molecule has 2 saturated heterocycles. The van der Waals surface area contributed by atoms with Crippen LogP contribution in [0.1, 0.15) is 39.1 Å². The Labute approximate surface area is 222 Å². The molecular formula is C29H24ClN3O5. The highest BCUT2D eigenvalue weighted by molar-refractivity contribution is 6.31. The van der Waals surface area contributed by atoms with Gasteiger partial charge in [-0.15, -0.1) is 0 Å². The van der Waals surface area contributed by atoms with Crippen molar-refractivity contribution in [3.8, 4) is 5.69 Å². The smallest absolute Gasteiger partial charge is 0.335 e. The lowest BCUT2D eigenvalue weighted by Gasteiger charge is -2.54. The van der Waals surface area contributed by atoms with Crippen LogP contribution in [0, 0.1) is 5.41 Å². The summed E-state index contributed by atoms with van der Waals surface area (Å²) in [5, 5.41) is 10.0. The maximum atomic E-state index is 14.1. The van der Waals surface area contributed by atoms with E-state index < -0.39 is 11.5 Å². The van der Waals surface area contributed by atoms with Crippen LogP contribution in [-0.2, 0) is 10.3 Å². The van der Waals surface area contributed by atoms with E-state index in [1.54, 1.807) is 63.7 Å². The highest BCUT2D eigenvalue weighted by Crippen LogP contribution is 2.50. The molecule has 9 heteroatoms. The molecule has 0 unspecified atom stereocenters. The van der Waals surface area contributed by atoms with Crippen LogP contribution in [0.2, 0.25) is 5.02 Å². The summed E-state index contributed by atoms with van der Waals surface area (Å²) in [5.74, 6) is -1.03. The van der Waals surface area contributed by atoms with E-state index in [2.05, 4.69) is 0 Å². The molecule has 1 amide bonds. The molecule has 8 nitrogen and oxygen atoms in total. The van der Waals surface area contributed by atoms with E-state index in [1.165, 1.54) is 0 Å². The topological polar surface area (TPSA) is 93.8 Å². The summed E-state index contributed by atoms with van der Waals surface area (Å²) in [7, 11) is 0. The van der Waals surface area contributed by atoms with Gasteiger partial charge in [0, 0.05) is 23.7 Å². The van der Waals surface area contributed by atoms with E-state index in [4.69, 9.17) is 16.3 Å². The lowest BCUT2D eigenvalue weighted by Crippen LogP contribution is -2.67. The molecule has 0 atom stereocenters. The molecule has 1 N–H and O–H groups in total. The van der Waals surface area contributed by atoms with Gasteiger partial charge in [0.25, 0.3) is 5.91 Å². The summed E-state index contributed by atoms with van der Waals surface area (Å²) in [6, 6.07) is 19.2. The van der Waals surface area contributed by atoms with Crippen molar-refractivity contribution in [1.29, 1.82) is 0 Å². The molecule has 1 aliphatic carbocycles. The largest absolute Gasteiger partial charge is 0.478 e. The van der Waals surface area contributed by atoms with Crippen molar-refractivity contribution in [2.45, 2.75) is 18.4 Å². The van der Waals surface area contributed by atoms with Crippen molar-refractivity contribution in [3.63, 3.8) is 0 Å².